The van der Waals surface area contributed by atoms with E-state index in [4.69, 9.17) is 0 Å². The van der Waals surface area contributed by atoms with Crippen molar-refractivity contribution in [2.24, 2.45) is 0 Å². The third kappa shape index (κ3) is 1.94. The lowest BCUT2D eigenvalue weighted by Gasteiger charge is -2.19. The first kappa shape index (κ1) is 9.22. The van der Waals surface area contributed by atoms with E-state index < -0.39 is 0 Å². The van der Waals surface area contributed by atoms with Gasteiger partial charge in [0.15, 0.2) is 0 Å². The maximum atomic E-state index is 2.60. The predicted octanol–water partition coefficient (Wildman–Crippen LogP) is 1.34. The van der Waals surface area contributed by atoms with Gasteiger partial charge in [-0.25, -0.2) is 0 Å². The number of nitrogens with zero attached hydrogens (tertiary/aromatic N) is 2. The van der Waals surface area contributed by atoms with Crippen LogP contribution in [0.25, 0.3) is 0 Å². The Morgan fingerprint density at radius 3 is 2.23 bits per heavy atom. The number of rotatable bonds is 3. The van der Waals surface area contributed by atoms with Gasteiger partial charge in [0.1, 0.15) is 0 Å². The van der Waals surface area contributed by atoms with Crippen LogP contribution in [-0.2, 0) is 0 Å². The molecule has 0 radical (unpaired) electrons. The highest BCUT2D eigenvalue weighted by molar-refractivity contribution is 5.29. The van der Waals surface area contributed by atoms with Crippen molar-refractivity contribution in [3.63, 3.8) is 0 Å². The molecule has 2 heterocycles. The molecule has 0 aliphatic carbocycles. The summed E-state index contributed by atoms with van der Waals surface area (Å²) in [5.41, 5.74) is 3.41. The Balaban J connectivity index is 1.80. The standard InChI is InChI=1S/C11H20N2/c1-3-4-5-13-8-10-6-12(2)7-11(10)9-13/h3-9H2,1-2H3. The second kappa shape index (κ2) is 3.81. The summed E-state index contributed by atoms with van der Waals surface area (Å²) in [6.45, 7) is 8.51. The highest BCUT2D eigenvalue weighted by Gasteiger charge is 2.27. The van der Waals surface area contributed by atoms with E-state index in [2.05, 4.69) is 23.8 Å². The SMILES string of the molecule is CCCCN1CC2=C(CN(C)C2)C1. The Hall–Kier alpha value is -0.340. The first-order valence-corrected chi connectivity index (χ1v) is 5.40. The first-order valence-electron chi connectivity index (χ1n) is 5.40. The highest BCUT2D eigenvalue weighted by atomic mass is 15.2. The van der Waals surface area contributed by atoms with Crippen LogP contribution in [0.4, 0.5) is 0 Å². The topological polar surface area (TPSA) is 6.48 Å². The smallest absolute Gasteiger partial charge is 0.0212 e. The lowest BCUT2D eigenvalue weighted by molar-refractivity contribution is 0.308. The molecule has 0 fully saturated rings. The molecule has 0 saturated carbocycles. The van der Waals surface area contributed by atoms with E-state index in [1.807, 2.05) is 0 Å². The molecular weight excluding hydrogens is 160 g/mol. The molecule has 0 aromatic carbocycles. The molecule has 0 aromatic rings. The molecule has 0 bridgehead atoms. The summed E-state index contributed by atoms with van der Waals surface area (Å²) in [7, 11) is 2.22. The van der Waals surface area contributed by atoms with Crippen LogP contribution in [0.3, 0.4) is 0 Å². The number of likely N-dealkylation sites (N-methyl/N-ethyl adjacent to an activating group) is 1. The largest absolute Gasteiger partial charge is 0.298 e. The number of unbranched alkanes of at least 4 members (excludes halogenated alkanes) is 1. The summed E-state index contributed by atoms with van der Waals surface area (Å²) in [6.07, 6.45) is 2.68. The maximum absolute atomic E-state index is 2.60. The molecule has 2 aliphatic heterocycles. The average molecular weight is 180 g/mol. The monoisotopic (exact) mass is 180 g/mol. The third-order valence-corrected chi connectivity index (χ3v) is 3.08. The minimum Gasteiger partial charge on any atom is -0.298 e. The van der Waals surface area contributed by atoms with Gasteiger partial charge in [-0.3, -0.25) is 9.80 Å². The first-order chi connectivity index (χ1) is 6.29. The predicted molar refractivity (Wildman–Crippen MR) is 55.9 cm³/mol. The molecule has 13 heavy (non-hydrogen) atoms. The summed E-state index contributed by atoms with van der Waals surface area (Å²) < 4.78 is 0. The molecule has 0 N–H and O–H groups in total. The minimum absolute atomic E-state index is 1.22. The molecule has 0 amide bonds. The summed E-state index contributed by atoms with van der Waals surface area (Å²) >= 11 is 0. The molecule has 2 rings (SSSR count). The van der Waals surface area contributed by atoms with E-state index in [9.17, 15) is 0 Å². The van der Waals surface area contributed by atoms with Gasteiger partial charge in [0, 0.05) is 26.2 Å². The molecule has 0 aromatic heterocycles. The van der Waals surface area contributed by atoms with Crippen LogP contribution in [0, 0.1) is 0 Å². The van der Waals surface area contributed by atoms with Crippen LogP contribution in [-0.4, -0.2) is 49.6 Å². The zero-order valence-corrected chi connectivity index (χ0v) is 8.84. The van der Waals surface area contributed by atoms with E-state index in [-0.39, 0.29) is 0 Å². The van der Waals surface area contributed by atoms with Crippen LogP contribution in [0.1, 0.15) is 19.8 Å². The Morgan fingerprint density at radius 1 is 1.08 bits per heavy atom. The van der Waals surface area contributed by atoms with Crippen molar-refractivity contribution in [1.29, 1.82) is 0 Å². The Bertz CT molecular complexity index is 202. The molecule has 0 spiro atoms. The van der Waals surface area contributed by atoms with Crippen molar-refractivity contribution in [3.05, 3.63) is 11.1 Å². The molecule has 2 nitrogen and oxygen atoms in total. The van der Waals surface area contributed by atoms with Gasteiger partial charge in [0.2, 0.25) is 0 Å². The Labute approximate surface area is 81.2 Å². The van der Waals surface area contributed by atoms with Gasteiger partial charge < -0.3 is 0 Å². The fourth-order valence-corrected chi connectivity index (χ4v) is 2.39. The van der Waals surface area contributed by atoms with Crippen molar-refractivity contribution in [2.45, 2.75) is 19.8 Å². The van der Waals surface area contributed by atoms with Gasteiger partial charge in [-0.15, -0.1) is 0 Å². The molecule has 0 saturated heterocycles. The molecule has 0 atom stereocenters. The Kier molecular flexibility index (Phi) is 2.70. The van der Waals surface area contributed by atoms with Gasteiger partial charge in [-0.2, -0.15) is 0 Å². The molecule has 0 unspecified atom stereocenters. The van der Waals surface area contributed by atoms with Gasteiger partial charge in [0.05, 0.1) is 0 Å². The van der Waals surface area contributed by atoms with Gasteiger partial charge in [0.25, 0.3) is 0 Å². The summed E-state index contributed by atoms with van der Waals surface area (Å²) in [4.78, 5) is 5.02. The second-order valence-electron chi connectivity index (χ2n) is 4.44. The molecule has 74 valence electrons. The van der Waals surface area contributed by atoms with Gasteiger partial charge >= 0.3 is 0 Å². The van der Waals surface area contributed by atoms with Crippen molar-refractivity contribution >= 4 is 0 Å². The molecular formula is C11H20N2. The van der Waals surface area contributed by atoms with E-state index in [1.165, 1.54) is 45.6 Å². The van der Waals surface area contributed by atoms with Crippen LogP contribution in [0.2, 0.25) is 0 Å². The highest BCUT2D eigenvalue weighted by Crippen LogP contribution is 2.24. The minimum atomic E-state index is 1.22. The van der Waals surface area contributed by atoms with Crippen LogP contribution < -0.4 is 0 Å². The zero-order valence-electron chi connectivity index (χ0n) is 8.84. The van der Waals surface area contributed by atoms with Crippen molar-refractivity contribution < 1.29 is 0 Å². The molecule has 2 heteroatoms. The van der Waals surface area contributed by atoms with Gasteiger partial charge in [-0.05, 0) is 31.2 Å². The van der Waals surface area contributed by atoms with E-state index >= 15 is 0 Å². The zero-order chi connectivity index (χ0) is 9.26. The van der Waals surface area contributed by atoms with Crippen molar-refractivity contribution in [2.75, 3.05) is 39.8 Å². The fourth-order valence-electron chi connectivity index (χ4n) is 2.39. The lowest BCUT2D eigenvalue weighted by atomic mass is 10.2. The molecule has 2 aliphatic rings. The third-order valence-electron chi connectivity index (χ3n) is 3.08. The van der Waals surface area contributed by atoms with Crippen molar-refractivity contribution in [1.82, 2.24) is 9.80 Å². The maximum Gasteiger partial charge on any atom is 0.0212 e. The summed E-state index contributed by atoms with van der Waals surface area (Å²) in [5, 5.41) is 0. The second-order valence-corrected chi connectivity index (χ2v) is 4.44. The lowest BCUT2D eigenvalue weighted by Crippen LogP contribution is -2.28. The van der Waals surface area contributed by atoms with Gasteiger partial charge in [-0.1, -0.05) is 13.3 Å². The van der Waals surface area contributed by atoms with E-state index in [0.717, 1.165) is 0 Å². The summed E-state index contributed by atoms with van der Waals surface area (Å²) in [5.74, 6) is 0. The van der Waals surface area contributed by atoms with Crippen LogP contribution in [0.15, 0.2) is 11.1 Å². The van der Waals surface area contributed by atoms with Crippen LogP contribution >= 0.6 is 0 Å². The van der Waals surface area contributed by atoms with E-state index in [1.54, 1.807) is 11.1 Å². The fraction of sp³-hybridized carbons (Fsp3) is 0.818. The van der Waals surface area contributed by atoms with Crippen molar-refractivity contribution in [3.8, 4) is 0 Å². The normalized spacial score (nSPS) is 24.5. The van der Waals surface area contributed by atoms with Crippen LogP contribution in [0.5, 0.6) is 0 Å². The summed E-state index contributed by atoms with van der Waals surface area (Å²) in [6, 6.07) is 0. The number of hydrogen-bond donors (Lipinski definition) is 0. The Morgan fingerprint density at radius 2 is 1.69 bits per heavy atom. The quantitative estimate of drug-likeness (QED) is 0.605. The average Bonchev–Trinajstić information content (AvgIpc) is 2.57. The van der Waals surface area contributed by atoms with E-state index in [0.29, 0.717) is 0 Å². The number of hydrogen-bond acceptors (Lipinski definition) is 2.